The number of aryl methyl sites for hydroxylation is 1. The second kappa shape index (κ2) is 4.52. The number of hydrogen-bond acceptors (Lipinski definition) is 3. The molecular formula is C13H20N2O. The van der Waals surface area contributed by atoms with Crippen molar-refractivity contribution < 1.29 is 4.74 Å². The third-order valence-corrected chi connectivity index (χ3v) is 3.41. The van der Waals surface area contributed by atoms with Crippen LogP contribution in [0.2, 0.25) is 0 Å². The number of nitrogens with two attached hydrogens (primary N) is 1. The summed E-state index contributed by atoms with van der Waals surface area (Å²) in [6.07, 6.45) is 7.07. The molecule has 2 atom stereocenters. The molecule has 0 bridgehead atoms. The van der Waals surface area contributed by atoms with Crippen LogP contribution in [0.15, 0.2) is 18.5 Å². The number of nitrogens with zero attached hydrogens (tertiary/aromatic N) is 1. The van der Waals surface area contributed by atoms with Crippen molar-refractivity contribution in [1.29, 1.82) is 0 Å². The smallest absolute Gasteiger partial charge is 0.0846 e. The standard InChI is InChI=1S/C13H20N2O/c1-10-7-11(9-15-8-10)12(14)13(2)5-3-4-6-16-13/h7-9,12H,3-6,14H2,1-2H3. The molecule has 2 heterocycles. The largest absolute Gasteiger partial charge is 0.373 e. The summed E-state index contributed by atoms with van der Waals surface area (Å²) in [6, 6.07) is 2.01. The van der Waals surface area contributed by atoms with E-state index in [0.717, 1.165) is 30.6 Å². The van der Waals surface area contributed by atoms with Gasteiger partial charge >= 0.3 is 0 Å². The molecule has 1 aliphatic heterocycles. The number of pyridine rings is 1. The van der Waals surface area contributed by atoms with E-state index in [4.69, 9.17) is 10.5 Å². The number of hydrogen-bond donors (Lipinski definition) is 1. The van der Waals surface area contributed by atoms with Gasteiger partial charge < -0.3 is 10.5 Å². The Hall–Kier alpha value is -0.930. The monoisotopic (exact) mass is 220 g/mol. The molecule has 1 fully saturated rings. The van der Waals surface area contributed by atoms with Gasteiger partial charge in [0.1, 0.15) is 0 Å². The zero-order chi connectivity index (χ0) is 11.6. The molecule has 0 saturated carbocycles. The molecule has 3 nitrogen and oxygen atoms in total. The molecular weight excluding hydrogens is 200 g/mol. The highest BCUT2D eigenvalue weighted by Crippen LogP contribution is 2.34. The Morgan fingerprint density at radius 1 is 1.44 bits per heavy atom. The lowest BCUT2D eigenvalue weighted by molar-refractivity contribution is -0.0821. The van der Waals surface area contributed by atoms with Gasteiger partial charge in [0.15, 0.2) is 0 Å². The summed E-state index contributed by atoms with van der Waals surface area (Å²) in [7, 11) is 0. The van der Waals surface area contributed by atoms with Gasteiger partial charge in [0.2, 0.25) is 0 Å². The fourth-order valence-corrected chi connectivity index (χ4v) is 2.30. The van der Waals surface area contributed by atoms with Crippen LogP contribution >= 0.6 is 0 Å². The van der Waals surface area contributed by atoms with Gasteiger partial charge in [-0.05, 0) is 44.2 Å². The summed E-state index contributed by atoms with van der Waals surface area (Å²) in [4.78, 5) is 4.20. The van der Waals surface area contributed by atoms with E-state index in [1.807, 2.05) is 19.3 Å². The fraction of sp³-hybridized carbons (Fsp3) is 0.615. The van der Waals surface area contributed by atoms with E-state index in [0.29, 0.717) is 0 Å². The van der Waals surface area contributed by atoms with Gasteiger partial charge in [-0.15, -0.1) is 0 Å². The number of rotatable bonds is 2. The van der Waals surface area contributed by atoms with Gasteiger partial charge in [0, 0.05) is 19.0 Å². The highest BCUT2D eigenvalue weighted by molar-refractivity contribution is 5.22. The first-order chi connectivity index (χ1) is 7.62. The molecule has 0 amide bonds. The molecule has 0 aliphatic carbocycles. The lowest BCUT2D eigenvalue weighted by atomic mass is 9.85. The highest BCUT2D eigenvalue weighted by Gasteiger charge is 2.35. The van der Waals surface area contributed by atoms with E-state index in [1.165, 1.54) is 6.42 Å². The van der Waals surface area contributed by atoms with Gasteiger partial charge in [-0.3, -0.25) is 4.98 Å². The van der Waals surface area contributed by atoms with Crippen LogP contribution in [0.4, 0.5) is 0 Å². The average molecular weight is 220 g/mol. The van der Waals surface area contributed by atoms with Crippen molar-refractivity contribution in [2.75, 3.05) is 6.61 Å². The van der Waals surface area contributed by atoms with Crippen molar-refractivity contribution >= 4 is 0 Å². The second-order valence-electron chi connectivity index (χ2n) is 4.89. The third kappa shape index (κ3) is 2.25. The van der Waals surface area contributed by atoms with Crippen molar-refractivity contribution in [1.82, 2.24) is 4.98 Å². The van der Waals surface area contributed by atoms with Crippen molar-refractivity contribution in [3.05, 3.63) is 29.6 Å². The highest BCUT2D eigenvalue weighted by atomic mass is 16.5. The van der Waals surface area contributed by atoms with Crippen molar-refractivity contribution in [2.24, 2.45) is 5.73 Å². The molecule has 2 N–H and O–H groups in total. The maximum Gasteiger partial charge on any atom is 0.0846 e. The maximum atomic E-state index is 6.31. The van der Waals surface area contributed by atoms with Crippen LogP contribution in [0.5, 0.6) is 0 Å². The first-order valence-electron chi connectivity index (χ1n) is 5.93. The van der Waals surface area contributed by atoms with E-state index < -0.39 is 0 Å². The normalized spacial score (nSPS) is 27.7. The van der Waals surface area contributed by atoms with E-state index in [9.17, 15) is 0 Å². The van der Waals surface area contributed by atoms with E-state index >= 15 is 0 Å². The van der Waals surface area contributed by atoms with Crippen LogP contribution in [0.1, 0.15) is 43.4 Å². The number of aromatic nitrogens is 1. The Bertz CT molecular complexity index is 359. The summed E-state index contributed by atoms with van der Waals surface area (Å²) in [5.41, 5.74) is 8.30. The van der Waals surface area contributed by atoms with E-state index in [-0.39, 0.29) is 11.6 Å². The van der Waals surface area contributed by atoms with Crippen LogP contribution in [0, 0.1) is 6.92 Å². The van der Waals surface area contributed by atoms with Gasteiger partial charge in [0.05, 0.1) is 11.6 Å². The Balaban J connectivity index is 2.20. The first kappa shape index (κ1) is 11.6. The van der Waals surface area contributed by atoms with Crippen molar-refractivity contribution in [3.63, 3.8) is 0 Å². The first-order valence-corrected chi connectivity index (χ1v) is 5.93. The summed E-state index contributed by atoms with van der Waals surface area (Å²) < 4.78 is 5.87. The second-order valence-corrected chi connectivity index (χ2v) is 4.89. The molecule has 16 heavy (non-hydrogen) atoms. The van der Waals surface area contributed by atoms with Gasteiger partial charge in [-0.2, -0.15) is 0 Å². The maximum absolute atomic E-state index is 6.31. The molecule has 2 unspecified atom stereocenters. The molecule has 1 saturated heterocycles. The van der Waals surface area contributed by atoms with Crippen molar-refractivity contribution in [3.8, 4) is 0 Å². The molecule has 1 aromatic rings. The Morgan fingerprint density at radius 3 is 2.88 bits per heavy atom. The van der Waals surface area contributed by atoms with Crippen LogP contribution in [-0.2, 0) is 4.74 Å². The van der Waals surface area contributed by atoms with Gasteiger partial charge in [-0.1, -0.05) is 6.07 Å². The zero-order valence-corrected chi connectivity index (χ0v) is 10.1. The predicted molar refractivity (Wildman–Crippen MR) is 64.1 cm³/mol. The lowest BCUT2D eigenvalue weighted by Gasteiger charge is -2.38. The summed E-state index contributed by atoms with van der Waals surface area (Å²) >= 11 is 0. The lowest BCUT2D eigenvalue weighted by Crippen LogP contribution is -2.43. The van der Waals surface area contributed by atoms with Gasteiger partial charge in [-0.25, -0.2) is 0 Å². The Kier molecular flexibility index (Phi) is 3.26. The van der Waals surface area contributed by atoms with Crippen LogP contribution in [0.3, 0.4) is 0 Å². The minimum absolute atomic E-state index is 0.0831. The summed E-state index contributed by atoms with van der Waals surface area (Å²) in [6.45, 7) is 4.97. The van der Waals surface area contributed by atoms with Crippen molar-refractivity contribution in [2.45, 2.75) is 44.8 Å². The van der Waals surface area contributed by atoms with E-state index in [1.54, 1.807) is 0 Å². The molecule has 0 aromatic carbocycles. The zero-order valence-electron chi connectivity index (χ0n) is 10.1. The third-order valence-electron chi connectivity index (χ3n) is 3.41. The molecule has 0 radical (unpaired) electrons. The molecule has 2 rings (SSSR count). The average Bonchev–Trinajstić information content (AvgIpc) is 2.29. The minimum atomic E-state index is -0.228. The summed E-state index contributed by atoms with van der Waals surface area (Å²) in [5.74, 6) is 0. The van der Waals surface area contributed by atoms with E-state index in [2.05, 4.69) is 18.0 Å². The van der Waals surface area contributed by atoms with Crippen LogP contribution in [-0.4, -0.2) is 17.2 Å². The fourth-order valence-electron chi connectivity index (χ4n) is 2.30. The molecule has 1 aliphatic rings. The molecule has 0 spiro atoms. The molecule has 3 heteroatoms. The van der Waals surface area contributed by atoms with Crippen LogP contribution < -0.4 is 5.73 Å². The minimum Gasteiger partial charge on any atom is -0.373 e. The molecule has 1 aromatic heterocycles. The topological polar surface area (TPSA) is 48.1 Å². The quantitative estimate of drug-likeness (QED) is 0.832. The predicted octanol–water partition coefficient (Wildman–Crippen LogP) is 2.35. The number of ether oxygens (including phenoxy) is 1. The SMILES string of the molecule is Cc1cncc(C(N)C2(C)CCCCO2)c1. The summed E-state index contributed by atoms with van der Waals surface area (Å²) in [5, 5.41) is 0. The Morgan fingerprint density at radius 2 is 2.25 bits per heavy atom. The van der Waals surface area contributed by atoms with Gasteiger partial charge in [0.25, 0.3) is 0 Å². The molecule has 88 valence electrons. The Labute approximate surface area is 97.0 Å². The van der Waals surface area contributed by atoms with Crippen LogP contribution in [0.25, 0.3) is 0 Å².